The number of aromatic nitrogens is 2. The van der Waals surface area contributed by atoms with E-state index in [1.807, 2.05) is 0 Å². The third-order valence-electron chi connectivity index (χ3n) is 4.34. The minimum absolute atomic E-state index is 0.0821. The number of rotatable bonds is 4. The highest BCUT2D eigenvalue weighted by atomic mass is 16.5. The lowest BCUT2D eigenvalue weighted by atomic mass is 9.64. The Labute approximate surface area is 117 Å². The van der Waals surface area contributed by atoms with E-state index >= 15 is 0 Å². The number of nitrogen functional groups attached to an aromatic ring is 1. The van der Waals surface area contributed by atoms with Crippen LogP contribution in [0.5, 0.6) is 0 Å². The predicted octanol–water partition coefficient (Wildman–Crippen LogP) is 0.364. The van der Waals surface area contributed by atoms with Gasteiger partial charge in [0.05, 0.1) is 6.10 Å². The summed E-state index contributed by atoms with van der Waals surface area (Å²) in [6, 6.07) is 0.0821. The molecule has 1 aromatic rings. The van der Waals surface area contributed by atoms with E-state index in [1.165, 1.54) is 4.57 Å². The number of nitrogens with zero attached hydrogens (tertiary/aromatic N) is 1. The summed E-state index contributed by atoms with van der Waals surface area (Å²) in [5.41, 5.74) is 5.13. The Kier molecular flexibility index (Phi) is 3.64. The highest BCUT2D eigenvalue weighted by molar-refractivity contribution is 5.61. The van der Waals surface area contributed by atoms with E-state index < -0.39 is 11.2 Å². The lowest BCUT2D eigenvalue weighted by Crippen LogP contribution is -2.58. The third-order valence-corrected chi connectivity index (χ3v) is 4.34. The van der Waals surface area contributed by atoms with Crippen LogP contribution in [0.1, 0.15) is 27.2 Å². The fourth-order valence-electron chi connectivity index (χ4n) is 2.75. The summed E-state index contributed by atoms with van der Waals surface area (Å²) in [6.45, 7) is 6.35. The number of nitrogens with one attached hydrogen (secondary N) is 2. The molecule has 1 aromatic heterocycles. The quantitative estimate of drug-likeness (QED) is 0.740. The van der Waals surface area contributed by atoms with Gasteiger partial charge in [0.2, 0.25) is 0 Å². The molecule has 0 aliphatic heterocycles. The van der Waals surface area contributed by atoms with Gasteiger partial charge >= 0.3 is 5.69 Å². The zero-order valence-corrected chi connectivity index (χ0v) is 12.3. The zero-order chi connectivity index (χ0) is 15.1. The van der Waals surface area contributed by atoms with Crippen LogP contribution in [0.15, 0.2) is 9.59 Å². The highest BCUT2D eigenvalue weighted by Gasteiger charge is 2.49. The molecule has 7 nitrogen and oxygen atoms in total. The first-order chi connectivity index (χ1) is 9.32. The lowest BCUT2D eigenvalue weighted by Gasteiger charge is -2.51. The van der Waals surface area contributed by atoms with Crippen molar-refractivity contribution >= 4 is 11.5 Å². The smallest absolute Gasteiger partial charge is 0.330 e. The highest BCUT2D eigenvalue weighted by Crippen LogP contribution is 2.44. The number of anilines is 2. The summed E-state index contributed by atoms with van der Waals surface area (Å²) in [7, 11) is 1.68. The first kappa shape index (κ1) is 14.6. The van der Waals surface area contributed by atoms with Gasteiger partial charge in [0, 0.05) is 25.1 Å². The fraction of sp³-hybridized carbons (Fsp3) is 0.692. The van der Waals surface area contributed by atoms with Crippen molar-refractivity contribution in [2.45, 2.75) is 45.9 Å². The van der Waals surface area contributed by atoms with Gasteiger partial charge in [0.15, 0.2) is 0 Å². The second-order valence-corrected chi connectivity index (χ2v) is 5.74. The van der Waals surface area contributed by atoms with Crippen LogP contribution in [0.3, 0.4) is 0 Å². The van der Waals surface area contributed by atoms with E-state index in [1.54, 1.807) is 14.0 Å². The predicted molar refractivity (Wildman–Crippen MR) is 78.0 cm³/mol. The molecule has 0 spiro atoms. The number of ether oxygens (including phenoxy) is 1. The number of H-pyrrole nitrogens is 1. The first-order valence-corrected chi connectivity index (χ1v) is 6.74. The van der Waals surface area contributed by atoms with Gasteiger partial charge in [0.1, 0.15) is 11.5 Å². The van der Waals surface area contributed by atoms with Crippen LogP contribution in [0.25, 0.3) is 0 Å². The summed E-state index contributed by atoms with van der Waals surface area (Å²) in [5, 5.41) is 3.16. The lowest BCUT2D eigenvalue weighted by molar-refractivity contribution is -0.0794. The second-order valence-electron chi connectivity index (χ2n) is 5.74. The molecule has 112 valence electrons. The molecule has 0 aromatic carbocycles. The van der Waals surface area contributed by atoms with Crippen LogP contribution in [-0.4, -0.2) is 28.8 Å². The normalized spacial score (nSPS) is 24.2. The average molecular weight is 282 g/mol. The van der Waals surface area contributed by atoms with Crippen LogP contribution < -0.4 is 22.3 Å². The third kappa shape index (κ3) is 2.11. The maximum Gasteiger partial charge on any atom is 0.330 e. The Morgan fingerprint density at radius 2 is 2.15 bits per heavy atom. The van der Waals surface area contributed by atoms with Crippen LogP contribution in [0.4, 0.5) is 11.5 Å². The summed E-state index contributed by atoms with van der Waals surface area (Å²) < 4.78 is 6.72. The summed E-state index contributed by atoms with van der Waals surface area (Å²) >= 11 is 0. The molecule has 1 saturated carbocycles. The molecule has 1 fully saturated rings. The summed E-state index contributed by atoms with van der Waals surface area (Å²) in [5.74, 6) is 0.179. The number of nitrogens with two attached hydrogens (primary N) is 1. The van der Waals surface area contributed by atoms with Gasteiger partial charge < -0.3 is 15.8 Å². The van der Waals surface area contributed by atoms with E-state index in [4.69, 9.17) is 10.5 Å². The number of aromatic amines is 1. The van der Waals surface area contributed by atoms with Gasteiger partial charge in [-0.15, -0.1) is 0 Å². The van der Waals surface area contributed by atoms with E-state index in [0.717, 1.165) is 6.42 Å². The van der Waals surface area contributed by atoms with Gasteiger partial charge in [-0.05, 0) is 13.3 Å². The molecule has 1 aliphatic rings. The largest absolute Gasteiger partial charge is 0.383 e. The van der Waals surface area contributed by atoms with Gasteiger partial charge in [-0.1, -0.05) is 13.8 Å². The molecule has 20 heavy (non-hydrogen) atoms. The first-order valence-electron chi connectivity index (χ1n) is 6.74. The van der Waals surface area contributed by atoms with Gasteiger partial charge in [-0.2, -0.15) is 0 Å². The van der Waals surface area contributed by atoms with Gasteiger partial charge in [-0.3, -0.25) is 14.3 Å². The van der Waals surface area contributed by atoms with Gasteiger partial charge in [-0.25, -0.2) is 4.79 Å². The summed E-state index contributed by atoms with van der Waals surface area (Å²) in [4.78, 5) is 25.8. The Morgan fingerprint density at radius 3 is 2.65 bits per heavy atom. The van der Waals surface area contributed by atoms with Crippen molar-refractivity contribution in [1.82, 2.24) is 9.55 Å². The van der Waals surface area contributed by atoms with Crippen molar-refractivity contribution in [1.29, 1.82) is 0 Å². The zero-order valence-electron chi connectivity index (χ0n) is 12.3. The Bertz CT molecular complexity index is 617. The molecule has 1 aliphatic carbocycles. The minimum atomic E-state index is -0.483. The molecule has 4 N–H and O–H groups in total. The summed E-state index contributed by atoms with van der Waals surface area (Å²) in [6.07, 6.45) is 0.950. The fourth-order valence-corrected chi connectivity index (χ4v) is 2.75. The van der Waals surface area contributed by atoms with Crippen molar-refractivity contribution in [3.05, 3.63) is 20.8 Å². The standard InChI is InChI=1S/C13H22N4O3/c1-5-17-10(14)9(11(18)16-12(17)19)15-7-6-8(20-4)13(7,2)3/h7-8,15H,5-6,14H2,1-4H3,(H,16,18,19). The molecule has 1 heterocycles. The molecule has 0 amide bonds. The van der Waals surface area contributed by atoms with Crippen LogP contribution in [0.2, 0.25) is 0 Å². The number of methoxy groups -OCH3 is 1. The van der Waals surface area contributed by atoms with Crippen LogP contribution in [-0.2, 0) is 11.3 Å². The maximum atomic E-state index is 11.9. The molecule has 2 unspecified atom stereocenters. The molecular weight excluding hydrogens is 260 g/mol. The number of hydrogen-bond acceptors (Lipinski definition) is 5. The Morgan fingerprint density at radius 1 is 1.50 bits per heavy atom. The van der Waals surface area contributed by atoms with E-state index in [9.17, 15) is 9.59 Å². The van der Waals surface area contributed by atoms with E-state index in [-0.39, 0.29) is 29.1 Å². The SMILES string of the molecule is CCn1c(N)c(NC2CC(OC)C2(C)C)c(=O)[nH]c1=O. The molecule has 7 heteroatoms. The Hall–Kier alpha value is -1.76. The van der Waals surface area contributed by atoms with Crippen molar-refractivity contribution in [3.63, 3.8) is 0 Å². The van der Waals surface area contributed by atoms with Gasteiger partial charge in [0.25, 0.3) is 5.56 Å². The van der Waals surface area contributed by atoms with Crippen molar-refractivity contribution < 1.29 is 4.74 Å². The van der Waals surface area contributed by atoms with Crippen molar-refractivity contribution in [2.75, 3.05) is 18.2 Å². The topological polar surface area (TPSA) is 102 Å². The number of hydrogen-bond donors (Lipinski definition) is 3. The Balaban J connectivity index is 2.32. The van der Waals surface area contributed by atoms with E-state index in [0.29, 0.717) is 6.54 Å². The molecule has 0 bridgehead atoms. The molecule has 0 saturated heterocycles. The molecule has 2 rings (SSSR count). The maximum absolute atomic E-state index is 11.9. The average Bonchev–Trinajstić information content (AvgIpc) is 2.37. The molecular formula is C13H22N4O3. The molecule has 2 atom stereocenters. The second kappa shape index (κ2) is 4.97. The molecule has 0 radical (unpaired) electrons. The van der Waals surface area contributed by atoms with E-state index in [2.05, 4.69) is 24.1 Å². The monoisotopic (exact) mass is 282 g/mol. The van der Waals surface area contributed by atoms with Crippen molar-refractivity contribution in [2.24, 2.45) is 5.41 Å². The minimum Gasteiger partial charge on any atom is -0.383 e. The van der Waals surface area contributed by atoms with Crippen molar-refractivity contribution in [3.8, 4) is 0 Å². The van der Waals surface area contributed by atoms with Crippen LogP contribution >= 0.6 is 0 Å². The van der Waals surface area contributed by atoms with Crippen LogP contribution in [0, 0.1) is 5.41 Å².